The Morgan fingerprint density at radius 3 is 3.00 bits per heavy atom. The Labute approximate surface area is 71.7 Å². The van der Waals surface area contributed by atoms with Gasteiger partial charge in [-0.05, 0) is 17.9 Å². The van der Waals surface area contributed by atoms with Crippen LogP contribution in [0.15, 0.2) is 17.5 Å². The SMILES string of the molecule is CCCC([S])c1cccs1. The maximum Gasteiger partial charge on any atom is 0.0495 e. The summed E-state index contributed by atoms with van der Waals surface area (Å²) in [7, 11) is 0. The van der Waals surface area contributed by atoms with E-state index in [-0.39, 0.29) is 0 Å². The van der Waals surface area contributed by atoms with Crippen LogP contribution in [0.2, 0.25) is 0 Å². The van der Waals surface area contributed by atoms with Gasteiger partial charge in [-0.1, -0.05) is 32.0 Å². The minimum atomic E-state index is 0.352. The highest BCUT2D eigenvalue weighted by molar-refractivity contribution is 7.80. The first-order valence-electron chi connectivity index (χ1n) is 3.53. The van der Waals surface area contributed by atoms with E-state index in [1.807, 2.05) is 0 Å². The fourth-order valence-electron chi connectivity index (χ4n) is 0.879. The van der Waals surface area contributed by atoms with Gasteiger partial charge in [-0.2, -0.15) is 0 Å². The van der Waals surface area contributed by atoms with Crippen molar-refractivity contribution >= 4 is 24.0 Å². The van der Waals surface area contributed by atoms with E-state index in [1.54, 1.807) is 11.3 Å². The second-order valence-electron chi connectivity index (χ2n) is 2.29. The molecule has 0 N–H and O–H groups in total. The van der Waals surface area contributed by atoms with Crippen molar-refractivity contribution in [2.24, 2.45) is 0 Å². The summed E-state index contributed by atoms with van der Waals surface area (Å²) >= 11 is 7.03. The second-order valence-corrected chi connectivity index (χ2v) is 3.84. The van der Waals surface area contributed by atoms with Crippen molar-refractivity contribution in [1.82, 2.24) is 0 Å². The van der Waals surface area contributed by atoms with E-state index in [0.717, 1.165) is 6.42 Å². The molecule has 0 saturated heterocycles. The summed E-state index contributed by atoms with van der Waals surface area (Å²) in [4.78, 5) is 1.34. The van der Waals surface area contributed by atoms with E-state index in [2.05, 4.69) is 24.4 Å². The molecule has 0 bridgehead atoms. The van der Waals surface area contributed by atoms with Gasteiger partial charge in [-0.25, -0.2) is 0 Å². The van der Waals surface area contributed by atoms with Crippen LogP contribution in [0.4, 0.5) is 0 Å². The van der Waals surface area contributed by atoms with E-state index in [0.29, 0.717) is 5.25 Å². The summed E-state index contributed by atoms with van der Waals surface area (Å²) in [5, 5.41) is 2.44. The molecule has 1 rings (SSSR count). The topological polar surface area (TPSA) is 0 Å². The highest BCUT2D eigenvalue weighted by atomic mass is 32.1. The van der Waals surface area contributed by atoms with Crippen molar-refractivity contribution in [3.05, 3.63) is 22.4 Å². The van der Waals surface area contributed by atoms with E-state index in [4.69, 9.17) is 12.6 Å². The van der Waals surface area contributed by atoms with E-state index in [9.17, 15) is 0 Å². The van der Waals surface area contributed by atoms with Crippen LogP contribution in [-0.2, 0) is 0 Å². The first-order valence-corrected chi connectivity index (χ1v) is 4.89. The van der Waals surface area contributed by atoms with Crippen LogP contribution >= 0.6 is 24.0 Å². The van der Waals surface area contributed by atoms with Gasteiger partial charge in [0.05, 0.1) is 0 Å². The Morgan fingerprint density at radius 1 is 1.70 bits per heavy atom. The minimum absolute atomic E-state index is 0.352. The average molecular weight is 171 g/mol. The van der Waals surface area contributed by atoms with E-state index >= 15 is 0 Å². The fourth-order valence-corrected chi connectivity index (χ4v) is 2.10. The van der Waals surface area contributed by atoms with Crippen LogP contribution in [0.3, 0.4) is 0 Å². The van der Waals surface area contributed by atoms with Crippen LogP contribution in [-0.4, -0.2) is 0 Å². The lowest BCUT2D eigenvalue weighted by atomic mass is 10.2. The Kier molecular flexibility index (Phi) is 3.29. The van der Waals surface area contributed by atoms with Crippen LogP contribution < -0.4 is 0 Å². The van der Waals surface area contributed by atoms with Crippen LogP contribution in [0, 0.1) is 0 Å². The predicted octanol–water partition coefficient (Wildman–Crippen LogP) is 3.79. The van der Waals surface area contributed by atoms with Gasteiger partial charge in [0.1, 0.15) is 0 Å². The highest BCUT2D eigenvalue weighted by Gasteiger charge is 2.05. The summed E-state index contributed by atoms with van der Waals surface area (Å²) < 4.78 is 0. The van der Waals surface area contributed by atoms with Crippen molar-refractivity contribution in [2.45, 2.75) is 25.0 Å². The number of thiophene rings is 1. The van der Waals surface area contributed by atoms with Crippen LogP contribution in [0.5, 0.6) is 0 Å². The normalized spacial score (nSPS) is 13.4. The van der Waals surface area contributed by atoms with Gasteiger partial charge in [-0.15, -0.1) is 11.3 Å². The maximum atomic E-state index is 5.27. The van der Waals surface area contributed by atoms with Crippen LogP contribution in [0.1, 0.15) is 29.9 Å². The lowest BCUT2D eigenvalue weighted by molar-refractivity contribution is 0.792. The summed E-state index contributed by atoms with van der Waals surface area (Å²) in [6, 6.07) is 4.19. The lowest BCUT2D eigenvalue weighted by Crippen LogP contribution is -1.83. The molecule has 0 fully saturated rings. The predicted molar refractivity (Wildman–Crippen MR) is 49.6 cm³/mol. The molecule has 0 amide bonds. The minimum Gasteiger partial charge on any atom is -0.148 e. The summed E-state index contributed by atoms with van der Waals surface area (Å²) in [6.45, 7) is 2.17. The molecule has 0 saturated carbocycles. The first-order chi connectivity index (χ1) is 4.84. The van der Waals surface area contributed by atoms with Gasteiger partial charge in [0.15, 0.2) is 0 Å². The molecule has 1 heterocycles. The quantitative estimate of drug-likeness (QED) is 0.649. The zero-order valence-electron chi connectivity index (χ0n) is 6.04. The zero-order chi connectivity index (χ0) is 7.40. The number of rotatable bonds is 3. The highest BCUT2D eigenvalue weighted by Crippen LogP contribution is 2.28. The zero-order valence-corrected chi connectivity index (χ0v) is 7.67. The molecule has 0 aliphatic rings. The summed E-state index contributed by atoms with van der Waals surface area (Å²) in [5.74, 6) is 0. The molecule has 10 heavy (non-hydrogen) atoms. The van der Waals surface area contributed by atoms with Gasteiger partial charge in [0.25, 0.3) is 0 Å². The number of hydrogen-bond acceptors (Lipinski definition) is 1. The molecule has 1 aromatic heterocycles. The molecule has 0 spiro atoms. The Bertz CT molecular complexity index is 167. The van der Waals surface area contributed by atoms with Gasteiger partial charge in [0.2, 0.25) is 0 Å². The molecule has 0 aromatic carbocycles. The molecule has 2 heteroatoms. The smallest absolute Gasteiger partial charge is 0.0495 e. The Balaban J connectivity index is 2.50. The van der Waals surface area contributed by atoms with Gasteiger partial charge >= 0.3 is 0 Å². The van der Waals surface area contributed by atoms with Crippen LogP contribution in [0.25, 0.3) is 0 Å². The third-order valence-electron chi connectivity index (χ3n) is 1.41. The Morgan fingerprint density at radius 2 is 2.50 bits per heavy atom. The maximum absolute atomic E-state index is 5.27. The van der Waals surface area contributed by atoms with Crippen molar-refractivity contribution in [1.29, 1.82) is 0 Å². The lowest BCUT2D eigenvalue weighted by Gasteiger charge is -2.03. The Hall–Kier alpha value is 0.0500. The number of hydrogen-bond donors (Lipinski definition) is 0. The van der Waals surface area contributed by atoms with Gasteiger partial charge < -0.3 is 0 Å². The molecule has 0 nitrogen and oxygen atoms in total. The molecule has 55 valence electrons. The standard InChI is InChI=1S/C8H11S2/c1-2-4-7(9)8-5-3-6-10-8/h3,5-7H,2,4H2,1H3. The monoisotopic (exact) mass is 171 g/mol. The molecule has 1 aromatic rings. The van der Waals surface area contributed by atoms with Crippen molar-refractivity contribution in [2.75, 3.05) is 0 Å². The molecule has 0 aliphatic carbocycles. The van der Waals surface area contributed by atoms with Gasteiger partial charge in [0, 0.05) is 10.1 Å². The molecule has 1 atom stereocenters. The first kappa shape index (κ1) is 8.15. The van der Waals surface area contributed by atoms with Crippen molar-refractivity contribution < 1.29 is 0 Å². The van der Waals surface area contributed by atoms with E-state index < -0.39 is 0 Å². The second kappa shape index (κ2) is 4.04. The molecule has 0 aliphatic heterocycles. The molecule has 1 unspecified atom stereocenters. The third-order valence-corrected chi connectivity index (χ3v) is 3.04. The fraction of sp³-hybridized carbons (Fsp3) is 0.500. The molecule has 1 radical (unpaired) electrons. The largest absolute Gasteiger partial charge is 0.148 e. The molecular formula is C8H11S2. The average Bonchev–Trinajstić information content (AvgIpc) is 2.38. The summed E-state index contributed by atoms with van der Waals surface area (Å²) in [6.07, 6.45) is 2.32. The van der Waals surface area contributed by atoms with Gasteiger partial charge in [-0.3, -0.25) is 0 Å². The van der Waals surface area contributed by atoms with E-state index in [1.165, 1.54) is 11.3 Å². The third kappa shape index (κ3) is 2.03. The van der Waals surface area contributed by atoms with Crippen molar-refractivity contribution in [3.63, 3.8) is 0 Å². The summed E-state index contributed by atoms with van der Waals surface area (Å²) in [5.41, 5.74) is 0. The van der Waals surface area contributed by atoms with Crippen molar-refractivity contribution in [3.8, 4) is 0 Å². The molecular weight excluding hydrogens is 160 g/mol.